The number of nitrogens with one attached hydrogen (secondary N) is 1. The molecule has 6 heteroatoms. The summed E-state index contributed by atoms with van der Waals surface area (Å²) in [7, 11) is 1.96. The Morgan fingerprint density at radius 3 is 2.82 bits per heavy atom. The second-order valence-electron chi connectivity index (χ2n) is 6.89. The molecule has 0 bridgehead atoms. The number of ether oxygens (including phenoxy) is 1. The van der Waals surface area contributed by atoms with Crippen LogP contribution in [0.2, 0.25) is 0 Å². The predicted octanol–water partition coefficient (Wildman–Crippen LogP) is 2.33. The molecule has 1 N–H and O–H groups in total. The molecule has 1 aliphatic rings. The van der Waals surface area contributed by atoms with Crippen LogP contribution in [0.25, 0.3) is 0 Å². The number of hydrogen-bond acceptors (Lipinski definition) is 4. The first kappa shape index (κ1) is 16.8. The summed E-state index contributed by atoms with van der Waals surface area (Å²) >= 11 is 0. The monoisotopic (exact) mass is 308 g/mol. The van der Waals surface area contributed by atoms with Gasteiger partial charge in [0.05, 0.1) is 11.7 Å². The van der Waals surface area contributed by atoms with Crippen LogP contribution in [0.15, 0.2) is 12.3 Å². The van der Waals surface area contributed by atoms with Crippen molar-refractivity contribution < 1.29 is 9.53 Å². The summed E-state index contributed by atoms with van der Waals surface area (Å²) in [6.07, 6.45) is 2.58. The minimum Gasteiger partial charge on any atom is -0.444 e. The van der Waals surface area contributed by atoms with Gasteiger partial charge in [-0.2, -0.15) is 5.10 Å². The molecule has 1 aliphatic heterocycles. The number of rotatable bonds is 4. The van der Waals surface area contributed by atoms with Crippen LogP contribution in [-0.4, -0.2) is 46.0 Å². The van der Waals surface area contributed by atoms with Crippen LogP contribution < -0.4 is 5.32 Å². The van der Waals surface area contributed by atoms with E-state index in [2.05, 4.69) is 17.3 Å². The highest BCUT2D eigenvalue weighted by molar-refractivity contribution is 5.68. The zero-order valence-corrected chi connectivity index (χ0v) is 14.3. The molecule has 0 spiro atoms. The van der Waals surface area contributed by atoms with E-state index in [-0.39, 0.29) is 12.1 Å². The first-order valence-corrected chi connectivity index (χ1v) is 8.01. The SMILES string of the molecule is CCNC(c1ccnn1C)C1CCN(C(=O)OC(C)(C)C)C1. The standard InChI is InChI=1S/C16H28N4O2/c1-6-17-14(13-7-9-18-19(13)5)12-8-10-20(11-12)15(21)22-16(2,3)4/h7,9,12,14,17H,6,8,10-11H2,1-5H3. The molecule has 0 aromatic carbocycles. The van der Waals surface area contributed by atoms with Gasteiger partial charge in [0.2, 0.25) is 0 Å². The summed E-state index contributed by atoms with van der Waals surface area (Å²) in [5.41, 5.74) is 0.719. The quantitative estimate of drug-likeness (QED) is 0.927. The number of carbonyl (C=O) groups is 1. The Labute approximate surface area is 132 Å². The fourth-order valence-electron chi connectivity index (χ4n) is 2.97. The smallest absolute Gasteiger partial charge is 0.410 e. The van der Waals surface area contributed by atoms with Crippen molar-refractivity contribution in [3.63, 3.8) is 0 Å². The Hall–Kier alpha value is -1.56. The van der Waals surface area contributed by atoms with Crippen molar-refractivity contribution in [2.24, 2.45) is 13.0 Å². The lowest BCUT2D eigenvalue weighted by Crippen LogP contribution is -2.37. The molecular weight excluding hydrogens is 280 g/mol. The van der Waals surface area contributed by atoms with E-state index < -0.39 is 5.60 Å². The summed E-state index contributed by atoms with van der Waals surface area (Å²) in [6, 6.07) is 2.26. The summed E-state index contributed by atoms with van der Waals surface area (Å²) in [5, 5.41) is 7.80. The maximum atomic E-state index is 12.2. The highest BCUT2D eigenvalue weighted by atomic mass is 16.6. The third-order valence-electron chi connectivity index (χ3n) is 3.95. The first-order valence-electron chi connectivity index (χ1n) is 8.01. The van der Waals surface area contributed by atoms with E-state index in [0.717, 1.165) is 31.7 Å². The van der Waals surface area contributed by atoms with Gasteiger partial charge in [0.15, 0.2) is 0 Å². The average Bonchev–Trinajstić information content (AvgIpc) is 3.03. The van der Waals surface area contributed by atoms with Gasteiger partial charge in [0.25, 0.3) is 0 Å². The van der Waals surface area contributed by atoms with Crippen LogP contribution in [0.1, 0.15) is 45.9 Å². The van der Waals surface area contributed by atoms with Gasteiger partial charge in [-0.05, 0) is 45.7 Å². The van der Waals surface area contributed by atoms with Crippen molar-refractivity contribution in [2.75, 3.05) is 19.6 Å². The van der Waals surface area contributed by atoms with Crippen LogP contribution in [0, 0.1) is 5.92 Å². The van der Waals surface area contributed by atoms with E-state index in [1.807, 2.05) is 49.7 Å². The number of likely N-dealkylation sites (tertiary alicyclic amines) is 1. The molecule has 1 aromatic rings. The van der Waals surface area contributed by atoms with E-state index in [4.69, 9.17) is 4.74 Å². The maximum Gasteiger partial charge on any atom is 0.410 e. The van der Waals surface area contributed by atoms with Crippen LogP contribution in [0.5, 0.6) is 0 Å². The highest BCUT2D eigenvalue weighted by Crippen LogP contribution is 2.30. The Morgan fingerprint density at radius 1 is 1.55 bits per heavy atom. The van der Waals surface area contributed by atoms with Gasteiger partial charge in [-0.25, -0.2) is 4.79 Å². The van der Waals surface area contributed by atoms with Crippen molar-refractivity contribution in [3.05, 3.63) is 18.0 Å². The maximum absolute atomic E-state index is 12.2. The molecule has 124 valence electrons. The van der Waals surface area contributed by atoms with Crippen molar-refractivity contribution in [1.82, 2.24) is 20.0 Å². The average molecular weight is 308 g/mol. The molecule has 0 radical (unpaired) electrons. The van der Waals surface area contributed by atoms with E-state index in [0.29, 0.717) is 5.92 Å². The molecule has 22 heavy (non-hydrogen) atoms. The fourth-order valence-corrected chi connectivity index (χ4v) is 2.97. The number of nitrogens with zero attached hydrogens (tertiary/aromatic N) is 3. The third-order valence-corrected chi connectivity index (χ3v) is 3.95. The molecule has 2 unspecified atom stereocenters. The molecule has 2 atom stereocenters. The van der Waals surface area contributed by atoms with Gasteiger partial charge in [-0.3, -0.25) is 4.68 Å². The highest BCUT2D eigenvalue weighted by Gasteiger charge is 2.35. The predicted molar refractivity (Wildman–Crippen MR) is 85.5 cm³/mol. The lowest BCUT2D eigenvalue weighted by molar-refractivity contribution is 0.0285. The lowest BCUT2D eigenvalue weighted by atomic mass is 9.96. The summed E-state index contributed by atoms with van der Waals surface area (Å²) in [5.74, 6) is 0.378. The van der Waals surface area contributed by atoms with Crippen LogP contribution in [0.4, 0.5) is 4.79 Å². The van der Waals surface area contributed by atoms with Gasteiger partial charge >= 0.3 is 6.09 Å². The molecule has 6 nitrogen and oxygen atoms in total. The second kappa shape index (κ2) is 6.69. The van der Waals surface area contributed by atoms with Gasteiger partial charge in [0, 0.05) is 26.3 Å². The van der Waals surface area contributed by atoms with Gasteiger partial charge in [0.1, 0.15) is 5.60 Å². The van der Waals surface area contributed by atoms with Gasteiger partial charge in [-0.1, -0.05) is 6.92 Å². The Bertz CT molecular complexity index is 506. The molecular formula is C16H28N4O2. The molecule has 1 saturated heterocycles. The largest absolute Gasteiger partial charge is 0.444 e. The number of amides is 1. The molecule has 2 rings (SSSR count). The first-order chi connectivity index (χ1) is 10.3. The van der Waals surface area contributed by atoms with Gasteiger partial charge in [-0.15, -0.1) is 0 Å². The summed E-state index contributed by atoms with van der Waals surface area (Å²) < 4.78 is 7.38. The third kappa shape index (κ3) is 4.00. The molecule has 1 amide bonds. The molecule has 0 saturated carbocycles. The lowest BCUT2D eigenvalue weighted by Gasteiger charge is -2.26. The van der Waals surface area contributed by atoms with E-state index in [1.54, 1.807) is 0 Å². The van der Waals surface area contributed by atoms with Crippen molar-refractivity contribution >= 4 is 6.09 Å². The Morgan fingerprint density at radius 2 is 2.27 bits per heavy atom. The van der Waals surface area contributed by atoms with Crippen molar-refractivity contribution in [2.45, 2.75) is 45.8 Å². The van der Waals surface area contributed by atoms with Crippen molar-refractivity contribution in [3.8, 4) is 0 Å². The molecule has 2 heterocycles. The Balaban J connectivity index is 2.04. The topological polar surface area (TPSA) is 59.4 Å². The number of aryl methyl sites for hydroxylation is 1. The van der Waals surface area contributed by atoms with Crippen molar-refractivity contribution in [1.29, 1.82) is 0 Å². The number of aromatic nitrogens is 2. The van der Waals surface area contributed by atoms with Crippen LogP contribution in [-0.2, 0) is 11.8 Å². The second-order valence-corrected chi connectivity index (χ2v) is 6.89. The minimum atomic E-state index is -0.446. The van der Waals surface area contributed by atoms with Crippen LogP contribution in [0.3, 0.4) is 0 Å². The zero-order chi connectivity index (χ0) is 16.3. The van der Waals surface area contributed by atoms with E-state index in [1.165, 1.54) is 0 Å². The molecule has 1 aromatic heterocycles. The van der Waals surface area contributed by atoms with Crippen LogP contribution >= 0.6 is 0 Å². The minimum absolute atomic E-state index is 0.213. The molecule has 0 aliphatic carbocycles. The fraction of sp³-hybridized carbons (Fsp3) is 0.750. The zero-order valence-electron chi connectivity index (χ0n) is 14.3. The van der Waals surface area contributed by atoms with Gasteiger partial charge < -0.3 is 15.0 Å². The normalized spacial score (nSPS) is 20.2. The Kier molecular flexibility index (Phi) is 5.11. The summed E-state index contributed by atoms with van der Waals surface area (Å²) in [4.78, 5) is 14.0. The van der Waals surface area contributed by atoms with E-state index >= 15 is 0 Å². The van der Waals surface area contributed by atoms with E-state index in [9.17, 15) is 4.79 Å². The number of hydrogen-bond donors (Lipinski definition) is 1. The number of carbonyl (C=O) groups excluding carboxylic acids is 1. The molecule has 1 fully saturated rings. The summed E-state index contributed by atoms with van der Waals surface area (Å²) in [6.45, 7) is 10.2.